The maximum absolute atomic E-state index is 4.62. The predicted molar refractivity (Wildman–Crippen MR) is 84.7 cm³/mol. The fourth-order valence-electron chi connectivity index (χ4n) is 2.45. The van der Waals surface area contributed by atoms with Crippen molar-refractivity contribution in [2.75, 3.05) is 6.54 Å². The van der Waals surface area contributed by atoms with Gasteiger partial charge in [-0.2, -0.15) is 5.10 Å². The lowest BCUT2D eigenvalue weighted by Gasteiger charge is -2.21. The van der Waals surface area contributed by atoms with E-state index in [4.69, 9.17) is 0 Å². The zero-order valence-electron chi connectivity index (χ0n) is 12.2. The molecule has 0 fully saturated rings. The Balaban J connectivity index is 2.53. The first kappa shape index (κ1) is 15.2. The van der Waals surface area contributed by atoms with E-state index in [9.17, 15) is 0 Å². The molecule has 0 aliphatic carbocycles. The minimum Gasteiger partial charge on any atom is -0.304 e. The molecule has 2 aromatic heterocycles. The number of pyridine rings is 1. The van der Waals surface area contributed by atoms with E-state index in [0.717, 1.165) is 35.4 Å². The second-order valence-electron chi connectivity index (χ2n) is 4.59. The van der Waals surface area contributed by atoms with Crippen molar-refractivity contribution in [3.63, 3.8) is 0 Å². The first-order valence-corrected chi connectivity index (χ1v) is 7.90. The monoisotopic (exact) mass is 336 g/mol. The van der Waals surface area contributed by atoms with Crippen LogP contribution in [0, 0.1) is 0 Å². The van der Waals surface area contributed by atoms with Crippen LogP contribution in [0.2, 0.25) is 0 Å². The van der Waals surface area contributed by atoms with E-state index in [1.165, 1.54) is 5.56 Å². The van der Waals surface area contributed by atoms with Crippen molar-refractivity contribution in [1.29, 1.82) is 0 Å². The molecule has 0 bridgehead atoms. The van der Waals surface area contributed by atoms with Gasteiger partial charge < -0.3 is 5.32 Å². The Bertz CT molecular complexity index is 565. The van der Waals surface area contributed by atoms with E-state index < -0.39 is 0 Å². The van der Waals surface area contributed by atoms with Gasteiger partial charge in [-0.1, -0.05) is 19.9 Å². The first-order valence-electron chi connectivity index (χ1n) is 7.11. The zero-order chi connectivity index (χ0) is 14.5. The molecule has 0 aliphatic heterocycles. The molecule has 1 N–H and O–H groups in total. The number of rotatable bonds is 6. The molecule has 1 atom stereocenters. The van der Waals surface area contributed by atoms with Crippen LogP contribution in [-0.2, 0) is 13.0 Å². The van der Waals surface area contributed by atoms with Gasteiger partial charge in [0, 0.05) is 12.7 Å². The van der Waals surface area contributed by atoms with E-state index in [1.807, 2.05) is 23.1 Å². The number of aromatic nitrogens is 3. The third-order valence-electron chi connectivity index (χ3n) is 3.39. The summed E-state index contributed by atoms with van der Waals surface area (Å²) in [6.45, 7) is 8.10. The van der Waals surface area contributed by atoms with Gasteiger partial charge in [0.05, 0.1) is 28.1 Å². The van der Waals surface area contributed by atoms with Gasteiger partial charge in [0.25, 0.3) is 0 Å². The van der Waals surface area contributed by atoms with Crippen molar-refractivity contribution in [1.82, 2.24) is 20.1 Å². The maximum Gasteiger partial charge on any atom is 0.0936 e. The second-order valence-corrected chi connectivity index (χ2v) is 5.44. The number of nitrogens with zero attached hydrogens (tertiary/aromatic N) is 3. The number of hydrogen-bond donors (Lipinski definition) is 1. The first-order chi connectivity index (χ1) is 9.72. The van der Waals surface area contributed by atoms with Crippen LogP contribution >= 0.6 is 15.9 Å². The van der Waals surface area contributed by atoms with Gasteiger partial charge in [-0.25, -0.2) is 0 Å². The quantitative estimate of drug-likeness (QED) is 0.879. The fourth-order valence-corrected chi connectivity index (χ4v) is 2.97. The Hall–Kier alpha value is -1.20. The van der Waals surface area contributed by atoms with Crippen LogP contribution in [0.5, 0.6) is 0 Å². The van der Waals surface area contributed by atoms with Crippen LogP contribution in [0.4, 0.5) is 0 Å². The third-order valence-corrected chi connectivity index (χ3v) is 4.01. The molecule has 0 radical (unpaired) electrons. The van der Waals surface area contributed by atoms with E-state index >= 15 is 0 Å². The molecule has 20 heavy (non-hydrogen) atoms. The lowest BCUT2D eigenvalue weighted by Crippen LogP contribution is -2.27. The van der Waals surface area contributed by atoms with Gasteiger partial charge in [0.1, 0.15) is 0 Å². The van der Waals surface area contributed by atoms with Crippen LogP contribution in [0.25, 0.3) is 0 Å². The molecular weight excluding hydrogens is 316 g/mol. The second kappa shape index (κ2) is 6.99. The molecular formula is C15H21BrN4. The lowest BCUT2D eigenvalue weighted by molar-refractivity contribution is 0.530. The molecule has 1 unspecified atom stereocenters. The summed E-state index contributed by atoms with van der Waals surface area (Å²) in [5.74, 6) is 0. The van der Waals surface area contributed by atoms with E-state index in [2.05, 4.69) is 58.2 Å². The largest absolute Gasteiger partial charge is 0.304 e. The minimum absolute atomic E-state index is 0.0629. The van der Waals surface area contributed by atoms with E-state index in [0.29, 0.717) is 0 Å². The molecule has 0 aliphatic rings. The van der Waals surface area contributed by atoms with Gasteiger partial charge in [-0.15, -0.1) is 0 Å². The Labute approximate surface area is 128 Å². The van der Waals surface area contributed by atoms with Crippen LogP contribution in [0.3, 0.4) is 0 Å². The summed E-state index contributed by atoms with van der Waals surface area (Å²) in [5.41, 5.74) is 3.50. The van der Waals surface area contributed by atoms with Crippen molar-refractivity contribution in [2.45, 2.75) is 39.8 Å². The highest BCUT2D eigenvalue weighted by Gasteiger charge is 2.23. The number of hydrogen-bond acceptors (Lipinski definition) is 3. The zero-order valence-corrected chi connectivity index (χ0v) is 13.8. The van der Waals surface area contributed by atoms with Crippen molar-refractivity contribution < 1.29 is 0 Å². The van der Waals surface area contributed by atoms with Crippen LogP contribution < -0.4 is 5.32 Å². The number of halogens is 1. The lowest BCUT2D eigenvalue weighted by atomic mass is 10.0. The molecule has 5 heteroatoms. The van der Waals surface area contributed by atoms with Crippen LogP contribution in [0.15, 0.2) is 29.0 Å². The molecule has 4 nitrogen and oxygen atoms in total. The Morgan fingerprint density at radius 2 is 2.15 bits per heavy atom. The summed E-state index contributed by atoms with van der Waals surface area (Å²) >= 11 is 3.62. The molecule has 0 saturated heterocycles. The average Bonchev–Trinajstić information content (AvgIpc) is 2.85. The third kappa shape index (κ3) is 2.94. The summed E-state index contributed by atoms with van der Waals surface area (Å²) < 4.78 is 3.05. The standard InChI is InChI=1S/C15H21BrN4/c1-4-11-8-7-9-18-13(11)14(17-5-2)15-12(16)10-19-20(15)6-3/h7-10,14,17H,4-6H2,1-3H3. The molecule has 0 spiro atoms. The summed E-state index contributed by atoms with van der Waals surface area (Å²) in [7, 11) is 0. The summed E-state index contributed by atoms with van der Waals surface area (Å²) in [5, 5.41) is 7.96. The molecule has 2 rings (SSSR count). The molecule has 0 saturated carbocycles. The molecule has 0 aromatic carbocycles. The average molecular weight is 337 g/mol. The molecule has 108 valence electrons. The Morgan fingerprint density at radius 3 is 2.80 bits per heavy atom. The molecule has 2 aromatic rings. The van der Waals surface area contributed by atoms with Gasteiger partial charge in [0.2, 0.25) is 0 Å². The maximum atomic E-state index is 4.62. The van der Waals surface area contributed by atoms with Gasteiger partial charge in [0.15, 0.2) is 0 Å². The van der Waals surface area contributed by atoms with Gasteiger partial charge >= 0.3 is 0 Å². The highest BCUT2D eigenvalue weighted by Crippen LogP contribution is 2.29. The van der Waals surface area contributed by atoms with Crippen molar-refractivity contribution in [3.8, 4) is 0 Å². The van der Waals surface area contributed by atoms with Gasteiger partial charge in [-0.3, -0.25) is 9.67 Å². The fraction of sp³-hybridized carbons (Fsp3) is 0.467. The number of aryl methyl sites for hydroxylation is 2. The highest BCUT2D eigenvalue weighted by molar-refractivity contribution is 9.10. The van der Waals surface area contributed by atoms with E-state index in [-0.39, 0.29) is 6.04 Å². The molecule has 0 amide bonds. The topological polar surface area (TPSA) is 42.7 Å². The van der Waals surface area contributed by atoms with Crippen LogP contribution in [0.1, 0.15) is 43.8 Å². The molecule has 2 heterocycles. The van der Waals surface area contributed by atoms with Crippen molar-refractivity contribution in [2.24, 2.45) is 0 Å². The number of nitrogens with one attached hydrogen (secondary N) is 1. The summed E-state index contributed by atoms with van der Waals surface area (Å²) in [6, 6.07) is 4.21. The normalized spacial score (nSPS) is 12.6. The summed E-state index contributed by atoms with van der Waals surface area (Å²) in [4.78, 5) is 4.62. The minimum atomic E-state index is 0.0629. The van der Waals surface area contributed by atoms with Gasteiger partial charge in [-0.05, 0) is 47.4 Å². The van der Waals surface area contributed by atoms with Crippen molar-refractivity contribution >= 4 is 15.9 Å². The predicted octanol–water partition coefficient (Wildman–Crippen LogP) is 3.32. The Morgan fingerprint density at radius 1 is 1.35 bits per heavy atom. The smallest absolute Gasteiger partial charge is 0.0936 e. The summed E-state index contributed by atoms with van der Waals surface area (Å²) in [6.07, 6.45) is 4.69. The SMILES string of the molecule is CCNC(c1ncccc1CC)c1c(Br)cnn1CC. The Kier molecular flexibility index (Phi) is 5.31. The van der Waals surface area contributed by atoms with Crippen molar-refractivity contribution in [3.05, 3.63) is 46.0 Å². The van der Waals surface area contributed by atoms with E-state index in [1.54, 1.807) is 0 Å². The van der Waals surface area contributed by atoms with Crippen LogP contribution in [-0.4, -0.2) is 21.3 Å². The highest BCUT2D eigenvalue weighted by atomic mass is 79.9.